The molecule has 1 aliphatic heterocycles. The molecule has 1 fully saturated rings. The average molecular weight is 318 g/mol. The van der Waals surface area contributed by atoms with Crippen molar-refractivity contribution in [2.75, 3.05) is 32.0 Å². The van der Waals surface area contributed by atoms with Gasteiger partial charge in [0.15, 0.2) is 5.82 Å². The molecule has 3 rings (SSSR count). The maximum absolute atomic E-state index is 6.01. The Bertz CT molecular complexity index is 647. The number of nitrogen functional groups attached to an aromatic ring is 1. The average Bonchev–Trinajstić information content (AvgIpc) is 2.93. The molecular formula is C17H26N4O2. The summed E-state index contributed by atoms with van der Waals surface area (Å²) in [4.78, 5) is 0. The highest BCUT2D eigenvalue weighted by atomic mass is 16.5. The van der Waals surface area contributed by atoms with Crippen molar-refractivity contribution in [3.8, 4) is 11.5 Å². The number of benzene rings is 1. The van der Waals surface area contributed by atoms with E-state index in [9.17, 15) is 0 Å². The summed E-state index contributed by atoms with van der Waals surface area (Å²) in [7, 11) is 0. The lowest BCUT2D eigenvalue weighted by Gasteiger charge is -2.22. The lowest BCUT2D eigenvalue weighted by atomic mass is 9.99. The summed E-state index contributed by atoms with van der Waals surface area (Å²) in [5.41, 5.74) is 6.81. The summed E-state index contributed by atoms with van der Waals surface area (Å²) in [5, 5.41) is 11.2. The number of nitrogens with two attached hydrogens (primary N) is 1. The molecular weight excluding hydrogens is 292 g/mol. The maximum Gasteiger partial charge on any atom is 0.156 e. The van der Waals surface area contributed by atoms with Crippen LogP contribution in [0.3, 0.4) is 0 Å². The molecule has 0 aliphatic carbocycles. The highest BCUT2D eigenvalue weighted by molar-refractivity contribution is 5.95. The molecule has 2 heterocycles. The first-order valence-electron chi connectivity index (χ1n) is 8.37. The molecule has 6 heteroatoms. The molecule has 1 saturated heterocycles. The summed E-state index contributed by atoms with van der Waals surface area (Å²) >= 11 is 0. The molecule has 1 aromatic heterocycles. The van der Waals surface area contributed by atoms with E-state index in [1.807, 2.05) is 12.1 Å². The van der Waals surface area contributed by atoms with Gasteiger partial charge in [0.05, 0.1) is 24.1 Å². The lowest BCUT2D eigenvalue weighted by molar-refractivity contribution is 0.214. The summed E-state index contributed by atoms with van der Waals surface area (Å²) in [6.45, 7) is 7.76. The van der Waals surface area contributed by atoms with E-state index in [2.05, 4.69) is 29.4 Å². The zero-order valence-electron chi connectivity index (χ0n) is 13.9. The van der Waals surface area contributed by atoms with Gasteiger partial charge in [-0.15, -0.1) is 0 Å². The number of hydrogen-bond acceptors (Lipinski definition) is 5. The predicted molar refractivity (Wildman–Crippen MR) is 91.9 cm³/mol. The van der Waals surface area contributed by atoms with Crippen molar-refractivity contribution in [2.45, 2.75) is 26.7 Å². The van der Waals surface area contributed by atoms with E-state index in [0.717, 1.165) is 54.9 Å². The van der Waals surface area contributed by atoms with Gasteiger partial charge in [-0.1, -0.05) is 13.8 Å². The largest absolute Gasteiger partial charge is 0.493 e. The van der Waals surface area contributed by atoms with E-state index < -0.39 is 0 Å². The minimum atomic E-state index is 0.442. The molecule has 1 aromatic carbocycles. The molecule has 126 valence electrons. The zero-order valence-corrected chi connectivity index (χ0v) is 13.9. The van der Waals surface area contributed by atoms with Crippen molar-refractivity contribution in [3.05, 3.63) is 12.1 Å². The number of aromatic nitrogens is 2. The predicted octanol–water partition coefficient (Wildman–Crippen LogP) is 2.56. The zero-order chi connectivity index (χ0) is 16.2. The number of ether oxygens (including phenoxy) is 2. The number of rotatable bonds is 6. The SMILES string of the molecule is CC(C)COc1cc(OCC2CCNCC2)cc2[nH]nc(N)c12. The van der Waals surface area contributed by atoms with Gasteiger partial charge >= 0.3 is 0 Å². The number of anilines is 1. The number of nitrogens with one attached hydrogen (secondary N) is 2. The van der Waals surface area contributed by atoms with Gasteiger partial charge in [-0.3, -0.25) is 5.10 Å². The minimum Gasteiger partial charge on any atom is -0.493 e. The molecule has 2 aromatic rings. The number of H-pyrrole nitrogens is 1. The van der Waals surface area contributed by atoms with Crippen LogP contribution in [0.5, 0.6) is 11.5 Å². The number of fused-ring (bicyclic) bond motifs is 1. The smallest absolute Gasteiger partial charge is 0.156 e. The van der Waals surface area contributed by atoms with Gasteiger partial charge in [-0.05, 0) is 37.8 Å². The molecule has 0 amide bonds. The van der Waals surface area contributed by atoms with Crippen LogP contribution in [-0.2, 0) is 0 Å². The van der Waals surface area contributed by atoms with Gasteiger partial charge < -0.3 is 20.5 Å². The van der Waals surface area contributed by atoms with Crippen molar-refractivity contribution in [1.29, 1.82) is 0 Å². The lowest BCUT2D eigenvalue weighted by Crippen LogP contribution is -2.30. The second kappa shape index (κ2) is 7.08. The van der Waals surface area contributed by atoms with Crippen molar-refractivity contribution >= 4 is 16.7 Å². The van der Waals surface area contributed by atoms with Crippen LogP contribution in [0.2, 0.25) is 0 Å². The van der Waals surface area contributed by atoms with Gasteiger partial charge in [-0.2, -0.15) is 5.10 Å². The Morgan fingerprint density at radius 3 is 2.78 bits per heavy atom. The van der Waals surface area contributed by atoms with Crippen molar-refractivity contribution in [2.24, 2.45) is 11.8 Å². The van der Waals surface area contributed by atoms with Crippen LogP contribution in [0.1, 0.15) is 26.7 Å². The van der Waals surface area contributed by atoms with Crippen LogP contribution < -0.4 is 20.5 Å². The van der Waals surface area contributed by atoms with Gasteiger partial charge in [0, 0.05) is 12.1 Å². The Morgan fingerprint density at radius 1 is 1.26 bits per heavy atom. The first-order chi connectivity index (χ1) is 11.1. The third-order valence-corrected chi connectivity index (χ3v) is 4.15. The number of hydrogen-bond donors (Lipinski definition) is 3. The molecule has 1 aliphatic rings. The Morgan fingerprint density at radius 2 is 2.04 bits per heavy atom. The molecule has 0 radical (unpaired) electrons. The van der Waals surface area contributed by atoms with Crippen LogP contribution in [-0.4, -0.2) is 36.5 Å². The molecule has 4 N–H and O–H groups in total. The van der Waals surface area contributed by atoms with Crippen LogP contribution in [0.25, 0.3) is 10.9 Å². The topological polar surface area (TPSA) is 85.2 Å². The number of piperidine rings is 1. The van der Waals surface area contributed by atoms with Crippen molar-refractivity contribution < 1.29 is 9.47 Å². The van der Waals surface area contributed by atoms with E-state index in [4.69, 9.17) is 15.2 Å². The molecule has 0 spiro atoms. The fourth-order valence-corrected chi connectivity index (χ4v) is 2.83. The Balaban J connectivity index is 1.77. The van der Waals surface area contributed by atoms with E-state index in [-0.39, 0.29) is 0 Å². The molecule has 0 saturated carbocycles. The monoisotopic (exact) mass is 318 g/mol. The third kappa shape index (κ3) is 3.88. The number of nitrogens with zero attached hydrogens (tertiary/aromatic N) is 1. The summed E-state index contributed by atoms with van der Waals surface area (Å²) < 4.78 is 11.9. The van der Waals surface area contributed by atoms with E-state index in [1.54, 1.807) is 0 Å². The van der Waals surface area contributed by atoms with Crippen LogP contribution in [0.4, 0.5) is 5.82 Å². The van der Waals surface area contributed by atoms with E-state index in [0.29, 0.717) is 24.3 Å². The highest BCUT2D eigenvalue weighted by Gasteiger charge is 2.16. The normalized spacial score (nSPS) is 16.1. The third-order valence-electron chi connectivity index (χ3n) is 4.15. The summed E-state index contributed by atoms with van der Waals surface area (Å²) in [6.07, 6.45) is 2.33. The Kier molecular flexibility index (Phi) is 4.91. The Labute approximate surface area is 136 Å². The number of aromatic amines is 1. The highest BCUT2D eigenvalue weighted by Crippen LogP contribution is 2.34. The molecule has 23 heavy (non-hydrogen) atoms. The van der Waals surface area contributed by atoms with Gasteiger partial charge in [0.25, 0.3) is 0 Å². The van der Waals surface area contributed by atoms with Crippen LogP contribution >= 0.6 is 0 Å². The van der Waals surface area contributed by atoms with Gasteiger partial charge in [0.1, 0.15) is 11.5 Å². The molecule has 0 unspecified atom stereocenters. The quantitative estimate of drug-likeness (QED) is 0.762. The second-order valence-electron chi connectivity index (χ2n) is 6.66. The second-order valence-corrected chi connectivity index (χ2v) is 6.66. The van der Waals surface area contributed by atoms with Crippen molar-refractivity contribution in [3.63, 3.8) is 0 Å². The van der Waals surface area contributed by atoms with Crippen LogP contribution in [0, 0.1) is 11.8 Å². The molecule has 0 bridgehead atoms. The standard InChI is InChI=1S/C17H26N4O2/c1-11(2)9-23-15-8-13(7-14-16(15)17(18)21-20-14)22-10-12-3-5-19-6-4-12/h7-8,11-12,19H,3-6,9-10H2,1-2H3,(H3,18,20,21). The first-order valence-corrected chi connectivity index (χ1v) is 8.37. The van der Waals surface area contributed by atoms with Gasteiger partial charge in [0.2, 0.25) is 0 Å². The first kappa shape index (κ1) is 15.9. The van der Waals surface area contributed by atoms with Crippen LogP contribution in [0.15, 0.2) is 12.1 Å². The van der Waals surface area contributed by atoms with Gasteiger partial charge in [-0.25, -0.2) is 0 Å². The fraction of sp³-hybridized carbons (Fsp3) is 0.588. The molecule has 6 nitrogen and oxygen atoms in total. The van der Waals surface area contributed by atoms with E-state index >= 15 is 0 Å². The molecule has 0 atom stereocenters. The Hall–Kier alpha value is -1.95. The fourth-order valence-electron chi connectivity index (χ4n) is 2.83. The summed E-state index contributed by atoms with van der Waals surface area (Å²) in [6, 6.07) is 3.87. The summed E-state index contributed by atoms with van der Waals surface area (Å²) in [5.74, 6) is 3.06. The van der Waals surface area contributed by atoms with E-state index in [1.165, 1.54) is 0 Å². The maximum atomic E-state index is 6.01. The van der Waals surface area contributed by atoms with Crippen molar-refractivity contribution in [1.82, 2.24) is 15.5 Å². The minimum absolute atomic E-state index is 0.442.